The van der Waals surface area contributed by atoms with Gasteiger partial charge in [-0.15, -0.1) is 0 Å². The van der Waals surface area contributed by atoms with E-state index in [1.807, 2.05) is 35.2 Å². The number of carbonyl (C=O) groups is 4. The first kappa shape index (κ1) is 28.6. The molecular weight excluding hydrogens is 498 g/mol. The fourth-order valence-corrected chi connectivity index (χ4v) is 6.14. The molecule has 0 bridgehead atoms. The smallest absolute Gasteiger partial charge is 0.318 e. The van der Waals surface area contributed by atoms with Gasteiger partial charge in [0, 0.05) is 38.2 Å². The number of fused-ring (bicyclic) bond motifs is 1. The molecule has 0 saturated carbocycles. The number of ether oxygens (including phenoxy) is 2. The zero-order valence-corrected chi connectivity index (χ0v) is 23.2. The monoisotopic (exact) mass is 539 g/mol. The maximum absolute atomic E-state index is 14.0. The first-order chi connectivity index (χ1) is 18.9. The summed E-state index contributed by atoms with van der Waals surface area (Å²) in [7, 11) is 1.60. The van der Waals surface area contributed by atoms with Crippen molar-refractivity contribution in [3.05, 3.63) is 41.6 Å². The average Bonchev–Trinajstić information content (AvgIpc) is 3.41. The van der Waals surface area contributed by atoms with Crippen LogP contribution in [0.4, 0.5) is 0 Å². The number of benzene rings is 1. The molecule has 1 aromatic carbocycles. The molecule has 39 heavy (non-hydrogen) atoms. The number of carbonyl (C=O) groups excluding carboxylic acids is 4. The number of rotatable bonds is 11. The lowest BCUT2D eigenvalue weighted by molar-refractivity contribution is -0.158. The summed E-state index contributed by atoms with van der Waals surface area (Å²) in [4.78, 5) is 56.2. The summed E-state index contributed by atoms with van der Waals surface area (Å²) in [5.41, 5.74) is 0.400. The van der Waals surface area contributed by atoms with E-state index in [4.69, 9.17) is 9.47 Å². The van der Waals surface area contributed by atoms with Gasteiger partial charge in [0.2, 0.25) is 17.7 Å². The summed E-state index contributed by atoms with van der Waals surface area (Å²) in [6, 6.07) is 7.52. The third-order valence-corrected chi connectivity index (χ3v) is 8.15. The van der Waals surface area contributed by atoms with Crippen LogP contribution in [0.3, 0.4) is 0 Å². The maximum Gasteiger partial charge on any atom is 0.318 e. The van der Waals surface area contributed by atoms with Gasteiger partial charge in [-0.3, -0.25) is 19.2 Å². The molecule has 3 aliphatic rings. The van der Waals surface area contributed by atoms with Crippen molar-refractivity contribution in [2.75, 3.05) is 33.4 Å². The number of nitrogens with one attached hydrogen (secondary N) is 1. The molecule has 2 fully saturated rings. The Hall–Kier alpha value is -3.36. The first-order valence-electron chi connectivity index (χ1n) is 14.3. The Morgan fingerprint density at radius 3 is 2.59 bits per heavy atom. The van der Waals surface area contributed by atoms with Crippen LogP contribution in [0.5, 0.6) is 5.75 Å². The van der Waals surface area contributed by atoms with Crippen molar-refractivity contribution in [3.8, 4) is 5.75 Å². The Morgan fingerprint density at radius 1 is 1.10 bits per heavy atom. The highest BCUT2D eigenvalue weighted by atomic mass is 16.5. The Kier molecular flexibility index (Phi) is 9.64. The summed E-state index contributed by atoms with van der Waals surface area (Å²) in [6.07, 6.45) is 8.00. The number of nitrogens with zero attached hydrogens (tertiary/aromatic N) is 2. The van der Waals surface area contributed by atoms with Crippen LogP contribution in [0.15, 0.2) is 36.0 Å². The second-order valence-corrected chi connectivity index (χ2v) is 10.6. The van der Waals surface area contributed by atoms with Crippen molar-refractivity contribution in [1.82, 2.24) is 15.1 Å². The lowest BCUT2D eigenvalue weighted by Crippen LogP contribution is -2.42. The van der Waals surface area contributed by atoms with Crippen LogP contribution in [0.2, 0.25) is 0 Å². The molecule has 1 N–H and O–H groups in total. The highest BCUT2D eigenvalue weighted by Crippen LogP contribution is 2.53. The molecule has 2 saturated heterocycles. The minimum atomic E-state index is -1.18. The highest BCUT2D eigenvalue weighted by molar-refractivity contribution is 5.98. The Bertz CT molecular complexity index is 1080. The van der Waals surface area contributed by atoms with Crippen molar-refractivity contribution < 1.29 is 28.7 Å². The van der Waals surface area contributed by atoms with Gasteiger partial charge in [-0.05, 0) is 56.7 Å². The number of esters is 1. The minimum absolute atomic E-state index is 0.0866. The topological polar surface area (TPSA) is 105 Å². The van der Waals surface area contributed by atoms with Gasteiger partial charge in [-0.2, -0.15) is 0 Å². The predicted octanol–water partition coefficient (Wildman–Crippen LogP) is 3.57. The Morgan fingerprint density at radius 2 is 1.90 bits per heavy atom. The predicted molar refractivity (Wildman–Crippen MR) is 145 cm³/mol. The molecule has 0 radical (unpaired) electrons. The SMILES string of the molecule is CCOC(=O)[C@]12CCCCC/C=C\1N(Cc1ccc(OC)cc1)C(=O)[C@H]2CC(=O)NCCCN1CCCC1=O. The molecule has 9 heteroatoms. The number of methoxy groups -OCH3 is 1. The third kappa shape index (κ3) is 6.28. The number of allylic oxidation sites excluding steroid dienone is 1. The van der Waals surface area contributed by atoms with Crippen LogP contribution in [-0.2, 0) is 30.5 Å². The van der Waals surface area contributed by atoms with E-state index in [1.165, 1.54) is 0 Å². The van der Waals surface area contributed by atoms with Crippen LogP contribution >= 0.6 is 0 Å². The molecule has 1 aliphatic carbocycles. The maximum atomic E-state index is 14.0. The van der Waals surface area contributed by atoms with Crippen molar-refractivity contribution in [1.29, 1.82) is 0 Å². The van der Waals surface area contributed by atoms with E-state index < -0.39 is 17.3 Å². The lowest BCUT2D eigenvalue weighted by Gasteiger charge is -2.34. The van der Waals surface area contributed by atoms with Crippen LogP contribution in [-0.4, -0.2) is 66.8 Å². The number of hydrogen-bond donors (Lipinski definition) is 1. The van der Waals surface area contributed by atoms with Gasteiger partial charge < -0.3 is 24.6 Å². The van der Waals surface area contributed by atoms with Gasteiger partial charge in [-0.1, -0.05) is 31.1 Å². The molecule has 2 aliphatic heterocycles. The fraction of sp³-hybridized carbons (Fsp3) is 0.600. The molecule has 212 valence electrons. The molecule has 2 heterocycles. The van der Waals surface area contributed by atoms with Crippen LogP contribution < -0.4 is 10.1 Å². The van der Waals surface area contributed by atoms with Gasteiger partial charge in [-0.25, -0.2) is 0 Å². The van der Waals surface area contributed by atoms with Crippen molar-refractivity contribution >= 4 is 23.7 Å². The normalized spacial score (nSPS) is 24.5. The van der Waals surface area contributed by atoms with Gasteiger partial charge >= 0.3 is 5.97 Å². The molecule has 2 atom stereocenters. The zero-order chi connectivity index (χ0) is 27.8. The van der Waals surface area contributed by atoms with E-state index in [1.54, 1.807) is 18.9 Å². The molecule has 0 unspecified atom stereocenters. The van der Waals surface area contributed by atoms with Gasteiger partial charge in [0.1, 0.15) is 11.2 Å². The van der Waals surface area contributed by atoms with Crippen LogP contribution in [0, 0.1) is 11.3 Å². The summed E-state index contributed by atoms with van der Waals surface area (Å²) >= 11 is 0. The van der Waals surface area contributed by atoms with E-state index >= 15 is 0 Å². The quantitative estimate of drug-likeness (QED) is 0.341. The van der Waals surface area contributed by atoms with E-state index in [9.17, 15) is 19.2 Å². The Balaban J connectivity index is 1.55. The molecule has 9 nitrogen and oxygen atoms in total. The molecule has 1 aromatic rings. The van der Waals surface area contributed by atoms with E-state index in [2.05, 4.69) is 5.32 Å². The van der Waals surface area contributed by atoms with Crippen molar-refractivity contribution in [2.24, 2.45) is 11.3 Å². The minimum Gasteiger partial charge on any atom is -0.497 e. The van der Waals surface area contributed by atoms with Gasteiger partial charge in [0.25, 0.3) is 0 Å². The summed E-state index contributed by atoms with van der Waals surface area (Å²) in [6.45, 7) is 4.06. The van der Waals surface area contributed by atoms with Crippen molar-refractivity contribution in [2.45, 2.75) is 71.3 Å². The summed E-state index contributed by atoms with van der Waals surface area (Å²) < 4.78 is 10.9. The summed E-state index contributed by atoms with van der Waals surface area (Å²) in [5.74, 6) is -0.855. The largest absolute Gasteiger partial charge is 0.497 e. The standard InChI is InChI=1S/C30H41N3O6/c1-3-39-29(37)30-16-7-5-4-6-10-25(30)33(21-22-12-14-23(38-2)15-13-22)28(36)24(30)20-26(34)31-17-9-19-32-18-8-11-27(32)35/h10,12-15,24H,3-9,11,16-21H2,1-2H3,(H,31,34)/b25-10+/t24-,30+/m1/s1. The van der Waals surface area contributed by atoms with Crippen LogP contribution in [0.1, 0.15) is 70.3 Å². The Labute approximate surface area is 230 Å². The molecule has 3 amide bonds. The summed E-state index contributed by atoms with van der Waals surface area (Å²) in [5, 5.41) is 2.92. The highest BCUT2D eigenvalue weighted by Gasteiger charge is 2.61. The van der Waals surface area contributed by atoms with Gasteiger partial charge in [0.15, 0.2) is 0 Å². The molecule has 0 aromatic heterocycles. The molecule has 0 spiro atoms. The van der Waals surface area contributed by atoms with Crippen LogP contribution in [0.25, 0.3) is 0 Å². The van der Waals surface area contributed by atoms with E-state index in [0.29, 0.717) is 44.6 Å². The number of amides is 3. The zero-order valence-electron chi connectivity index (χ0n) is 23.2. The van der Waals surface area contributed by atoms with Gasteiger partial charge in [0.05, 0.1) is 26.2 Å². The number of hydrogen-bond acceptors (Lipinski definition) is 6. The molecule has 4 rings (SSSR count). The van der Waals surface area contributed by atoms with E-state index in [0.717, 1.165) is 50.0 Å². The fourth-order valence-electron chi connectivity index (χ4n) is 6.14. The van der Waals surface area contributed by atoms with Crippen molar-refractivity contribution in [3.63, 3.8) is 0 Å². The average molecular weight is 540 g/mol. The second-order valence-electron chi connectivity index (χ2n) is 10.6. The molecular formula is C30H41N3O6. The van der Waals surface area contributed by atoms with E-state index in [-0.39, 0.29) is 30.7 Å². The third-order valence-electron chi connectivity index (χ3n) is 8.15. The lowest BCUT2D eigenvalue weighted by atomic mass is 9.69. The number of likely N-dealkylation sites (tertiary alicyclic amines) is 2. The second kappa shape index (κ2) is 13.1. The first-order valence-corrected chi connectivity index (χ1v) is 14.3.